The largest absolute Gasteiger partial charge is 0.386 e. The van der Waals surface area contributed by atoms with Gasteiger partial charge in [-0.15, -0.1) is 0 Å². The second kappa shape index (κ2) is 8.13. The average molecular weight is 350 g/mol. The van der Waals surface area contributed by atoms with Crippen molar-refractivity contribution >= 4 is 23.2 Å². The first-order valence-corrected chi connectivity index (χ1v) is 8.04. The SMILES string of the molecule is CC(C)c1cccc(NC(N)=NCC(O)c2ccc(Cl)c(F)c2)c1. The van der Waals surface area contributed by atoms with E-state index in [-0.39, 0.29) is 17.5 Å². The van der Waals surface area contributed by atoms with Gasteiger partial charge in [0.2, 0.25) is 0 Å². The molecule has 2 rings (SSSR count). The predicted octanol–water partition coefficient (Wildman–Crippen LogP) is 4.06. The highest BCUT2D eigenvalue weighted by atomic mass is 35.5. The first kappa shape index (κ1) is 18.2. The standard InChI is InChI=1S/C18H21ClFN3O/c1-11(2)12-4-3-5-14(8-12)23-18(21)22-10-17(24)13-6-7-15(19)16(20)9-13/h3-9,11,17,24H,10H2,1-2H3,(H3,21,22,23). The van der Waals surface area contributed by atoms with Gasteiger partial charge in [-0.25, -0.2) is 4.39 Å². The van der Waals surface area contributed by atoms with Gasteiger partial charge in [0.05, 0.1) is 17.7 Å². The topological polar surface area (TPSA) is 70.6 Å². The number of nitrogens with two attached hydrogens (primary N) is 1. The van der Waals surface area contributed by atoms with Gasteiger partial charge in [-0.2, -0.15) is 0 Å². The number of rotatable bonds is 5. The molecule has 0 saturated carbocycles. The van der Waals surface area contributed by atoms with Crippen LogP contribution in [-0.2, 0) is 0 Å². The molecule has 0 radical (unpaired) electrons. The Balaban J connectivity index is 2.00. The maximum atomic E-state index is 13.4. The van der Waals surface area contributed by atoms with Crippen LogP contribution in [0.3, 0.4) is 0 Å². The first-order valence-electron chi connectivity index (χ1n) is 7.66. The Kier molecular flexibility index (Phi) is 6.17. The lowest BCUT2D eigenvalue weighted by molar-refractivity contribution is 0.187. The van der Waals surface area contributed by atoms with Gasteiger partial charge < -0.3 is 16.2 Å². The Hall–Kier alpha value is -2.11. The fraction of sp³-hybridized carbons (Fsp3) is 0.278. The maximum Gasteiger partial charge on any atom is 0.193 e. The summed E-state index contributed by atoms with van der Waals surface area (Å²) in [6, 6.07) is 12.0. The number of nitrogens with one attached hydrogen (secondary N) is 1. The molecule has 0 spiro atoms. The lowest BCUT2D eigenvalue weighted by Crippen LogP contribution is -2.23. The molecule has 128 valence electrons. The van der Waals surface area contributed by atoms with Crippen molar-refractivity contribution in [3.05, 3.63) is 64.4 Å². The Morgan fingerprint density at radius 2 is 2.00 bits per heavy atom. The minimum atomic E-state index is -0.959. The second-order valence-corrected chi connectivity index (χ2v) is 6.23. The summed E-state index contributed by atoms with van der Waals surface area (Å²) in [6.45, 7) is 4.24. The highest BCUT2D eigenvalue weighted by Crippen LogP contribution is 2.21. The van der Waals surface area contributed by atoms with Crippen LogP contribution in [0.15, 0.2) is 47.5 Å². The molecule has 2 aromatic carbocycles. The van der Waals surface area contributed by atoms with Crippen molar-refractivity contribution in [2.45, 2.75) is 25.9 Å². The number of nitrogens with zero attached hydrogens (tertiary/aromatic N) is 1. The highest BCUT2D eigenvalue weighted by Gasteiger charge is 2.10. The molecule has 24 heavy (non-hydrogen) atoms. The first-order chi connectivity index (χ1) is 11.4. The number of benzene rings is 2. The van der Waals surface area contributed by atoms with E-state index in [1.165, 1.54) is 17.7 Å². The predicted molar refractivity (Wildman–Crippen MR) is 97.0 cm³/mol. The van der Waals surface area contributed by atoms with E-state index in [4.69, 9.17) is 17.3 Å². The number of aliphatic imine (C=N–C) groups is 1. The second-order valence-electron chi connectivity index (χ2n) is 5.82. The van der Waals surface area contributed by atoms with E-state index in [1.54, 1.807) is 6.07 Å². The average Bonchev–Trinajstić information content (AvgIpc) is 2.55. The lowest BCUT2D eigenvalue weighted by Gasteiger charge is -2.12. The van der Waals surface area contributed by atoms with Crippen molar-refractivity contribution in [2.24, 2.45) is 10.7 Å². The summed E-state index contributed by atoms with van der Waals surface area (Å²) in [5.74, 6) is 0.0183. The highest BCUT2D eigenvalue weighted by molar-refractivity contribution is 6.30. The molecule has 0 amide bonds. The summed E-state index contributed by atoms with van der Waals surface area (Å²) in [5, 5.41) is 13.1. The summed E-state index contributed by atoms with van der Waals surface area (Å²) >= 11 is 5.62. The van der Waals surface area contributed by atoms with E-state index in [0.717, 1.165) is 5.69 Å². The van der Waals surface area contributed by atoms with E-state index < -0.39 is 11.9 Å². The van der Waals surface area contributed by atoms with Crippen LogP contribution in [0.25, 0.3) is 0 Å². The molecule has 0 aliphatic rings. The minimum Gasteiger partial charge on any atom is -0.386 e. The van der Waals surface area contributed by atoms with Crippen LogP contribution in [0.1, 0.15) is 37.0 Å². The zero-order valence-electron chi connectivity index (χ0n) is 13.6. The van der Waals surface area contributed by atoms with Crippen LogP contribution in [0.4, 0.5) is 10.1 Å². The zero-order valence-corrected chi connectivity index (χ0v) is 14.4. The van der Waals surface area contributed by atoms with Crippen LogP contribution in [0.5, 0.6) is 0 Å². The van der Waals surface area contributed by atoms with Gasteiger partial charge in [0.1, 0.15) is 5.82 Å². The van der Waals surface area contributed by atoms with E-state index in [2.05, 4.69) is 24.2 Å². The monoisotopic (exact) mass is 349 g/mol. The van der Waals surface area contributed by atoms with Crippen molar-refractivity contribution < 1.29 is 9.50 Å². The molecule has 0 saturated heterocycles. The molecule has 1 unspecified atom stereocenters. The van der Waals surface area contributed by atoms with Crippen molar-refractivity contribution in [1.82, 2.24) is 0 Å². The molecule has 2 aromatic rings. The maximum absolute atomic E-state index is 13.4. The van der Waals surface area contributed by atoms with Crippen LogP contribution in [-0.4, -0.2) is 17.6 Å². The Labute approximate surface area is 146 Å². The van der Waals surface area contributed by atoms with Crippen molar-refractivity contribution in [1.29, 1.82) is 0 Å². The van der Waals surface area contributed by atoms with Gasteiger partial charge in [-0.1, -0.05) is 43.6 Å². The summed E-state index contributed by atoms with van der Waals surface area (Å²) in [4.78, 5) is 4.10. The Bertz CT molecular complexity index is 734. The van der Waals surface area contributed by atoms with Gasteiger partial charge in [-0.05, 0) is 41.3 Å². The number of halogens is 2. The number of guanidine groups is 1. The molecule has 1 atom stereocenters. The lowest BCUT2D eigenvalue weighted by atomic mass is 10.0. The molecule has 0 aliphatic carbocycles. The van der Waals surface area contributed by atoms with Gasteiger partial charge in [0, 0.05) is 5.69 Å². The summed E-state index contributed by atoms with van der Waals surface area (Å²) in [7, 11) is 0. The van der Waals surface area contributed by atoms with Crippen molar-refractivity contribution in [2.75, 3.05) is 11.9 Å². The summed E-state index contributed by atoms with van der Waals surface area (Å²) in [5.41, 5.74) is 8.26. The van der Waals surface area contributed by atoms with E-state index >= 15 is 0 Å². The molecule has 0 bridgehead atoms. The van der Waals surface area contributed by atoms with E-state index in [9.17, 15) is 9.50 Å². The fourth-order valence-corrected chi connectivity index (χ4v) is 2.29. The molecule has 6 heteroatoms. The molecular formula is C18H21ClFN3O. The van der Waals surface area contributed by atoms with Crippen molar-refractivity contribution in [3.63, 3.8) is 0 Å². The molecule has 0 fully saturated rings. The Morgan fingerprint density at radius 1 is 1.25 bits per heavy atom. The molecule has 4 nitrogen and oxygen atoms in total. The third-order valence-corrected chi connectivity index (χ3v) is 3.90. The van der Waals surface area contributed by atoms with Crippen molar-refractivity contribution in [3.8, 4) is 0 Å². The quantitative estimate of drug-likeness (QED) is 0.563. The molecule has 0 heterocycles. The van der Waals surface area contributed by atoms with E-state index in [0.29, 0.717) is 11.5 Å². The minimum absolute atomic E-state index is 0.0145. The molecule has 0 aromatic heterocycles. The van der Waals surface area contributed by atoms with Crippen LogP contribution in [0.2, 0.25) is 5.02 Å². The third kappa shape index (κ3) is 4.94. The normalized spacial score (nSPS) is 13.2. The van der Waals surface area contributed by atoms with Gasteiger partial charge in [0.25, 0.3) is 0 Å². The number of hydrogen-bond acceptors (Lipinski definition) is 2. The van der Waals surface area contributed by atoms with E-state index in [1.807, 2.05) is 24.3 Å². The number of aliphatic hydroxyl groups excluding tert-OH is 1. The van der Waals surface area contributed by atoms with Gasteiger partial charge in [-0.3, -0.25) is 4.99 Å². The molecular weight excluding hydrogens is 329 g/mol. The summed E-state index contributed by atoms with van der Waals surface area (Å²) in [6.07, 6.45) is -0.959. The Morgan fingerprint density at radius 3 is 2.67 bits per heavy atom. The fourth-order valence-electron chi connectivity index (χ4n) is 2.17. The third-order valence-electron chi connectivity index (χ3n) is 3.59. The van der Waals surface area contributed by atoms with Gasteiger partial charge in [0.15, 0.2) is 5.96 Å². The summed E-state index contributed by atoms with van der Waals surface area (Å²) < 4.78 is 13.4. The molecule has 4 N–H and O–H groups in total. The smallest absolute Gasteiger partial charge is 0.193 e. The van der Waals surface area contributed by atoms with Crippen LogP contribution in [0, 0.1) is 5.82 Å². The van der Waals surface area contributed by atoms with Crippen LogP contribution < -0.4 is 11.1 Å². The van der Waals surface area contributed by atoms with Gasteiger partial charge >= 0.3 is 0 Å². The zero-order chi connectivity index (χ0) is 17.7. The number of aliphatic hydroxyl groups is 1. The van der Waals surface area contributed by atoms with Crippen LogP contribution >= 0.6 is 11.6 Å². The number of hydrogen-bond donors (Lipinski definition) is 3. The number of anilines is 1. The molecule has 0 aliphatic heterocycles.